The van der Waals surface area contributed by atoms with Gasteiger partial charge in [-0.2, -0.15) is 5.10 Å². The van der Waals surface area contributed by atoms with Crippen molar-refractivity contribution in [2.24, 2.45) is 0 Å². The van der Waals surface area contributed by atoms with E-state index in [4.69, 9.17) is 16.0 Å². The van der Waals surface area contributed by atoms with Crippen LogP contribution in [-0.2, 0) is 6.54 Å². The molecular formula is C16H16ClN3O2S. The highest BCUT2D eigenvalue weighted by molar-refractivity contribution is 7.17. The molecule has 0 aliphatic rings. The van der Waals surface area contributed by atoms with Crippen molar-refractivity contribution in [3.63, 3.8) is 0 Å². The van der Waals surface area contributed by atoms with E-state index < -0.39 is 0 Å². The molecule has 120 valence electrons. The lowest BCUT2D eigenvalue weighted by Gasteiger charge is -2.06. The molecule has 0 fully saturated rings. The lowest BCUT2D eigenvalue weighted by molar-refractivity contribution is 0.0956. The molecule has 3 rings (SSSR count). The van der Waals surface area contributed by atoms with E-state index in [0.717, 1.165) is 22.7 Å². The van der Waals surface area contributed by atoms with Crippen LogP contribution in [0.15, 0.2) is 34.9 Å². The van der Waals surface area contributed by atoms with Crippen molar-refractivity contribution in [2.45, 2.75) is 20.4 Å². The molecular weight excluding hydrogens is 334 g/mol. The summed E-state index contributed by atoms with van der Waals surface area (Å²) in [6.45, 7) is 5.04. The smallest absolute Gasteiger partial charge is 0.261 e. The Morgan fingerprint density at radius 1 is 1.39 bits per heavy atom. The van der Waals surface area contributed by atoms with E-state index in [-0.39, 0.29) is 5.91 Å². The quantitative estimate of drug-likeness (QED) is 0.759. The Morgan fingerprint density at radius 2 is 2.22 bits per heavy atom. The van der Waals surface area contributed by atoms with Crippen molar-refractivity contribution >= 4 is 28.8 Å². The zero-order valence-electron chi connectivity index (χ0n) is 12.8. The number of thiophene rings is 1. The second-order valence-electron chi connectivity index (χ2n) is 5.11. The van der Waals surface area contributed by atoms with Crippen LogP contribution in [0.3, 0.4) is 0 Å². The van der Waals surface area contributed by atoms with Gasteiger partial charge in [0.15, 0.2) is 0 Å². The summed E-state index contributed by atoms with van der Waals surface area (Å²) in [5, 5.41) is 7.41. The average molecular weight is 350 g/mol. The van der Waals surface area contributed by atoms with E-state index in [1.165, 1.54) is 11.3 Å². The van der Waals surface area contributed by atoms with Crippen molar-refractivity contribution in [3.8, 4) is 11.3 Å². The Hall–Kier alpha value is -2.05. The highest BCUT2D eigenvalue weighted by Gasteiger charge is 2.15. The molecule has 0 spiro atoms. The lowest BCUT2D eigenvalue weighted by Crippen LogP contribution is -2.27. The molecule has 0 saturated heterocycles. The molecule has 7 heteroatoms. The van der Waals surface area contributed by atoms with E-state index in [9.17, 15) is 4.79 Å². The summed E-state index contributed by atoms with van der Waals surface area (Å²) in [5.74, 6) is 0.693. The van der Waals surface area contributed by atoms with Gasteiger partial charge in [0.2, 0.25) is 0 Å². The van der Waals surface area contributed by atoms with Gasteiger partial charge in [-0.3, -0.25) is 9.48 Å². The van der Waals surface area contributed by atoms with Crippen LogP contribution < -0.4 is 5.32 Å². The maximum absolute atomic E-state index is 12.0. The number of carbonyl (C=O) groups excluding carboxylic acids is 1. The summed E-state index contributed by atoms with van der Waals surface area (Å²) in [6.07, 6.45) is 1.65. The van der Waals surface area contributed by atoms with Crippen LogP contribution in [0.4, 0.5) is 0 Å². The Kier molecular flexibility index (Phi) is 4.54. The van der Waals surface area contributed by atoms with Gasteiger partial charge in [0.05, 0.1) is 33.3 Å². The van der Waals surface area contributed by atoms with Crippen LogP contribution in [0.5, 0.6) is 0 Å². The number of rotatable bonds is 5. The molecule has 23 heavy (non-hydrogen) atoms. The molecule has 0 unspecified atom stereocenters. The largest absolute Gasteiger partial charge is 0.464 e. The topological polar surface area (TPSA) is 60.1 Å². The van der Waals surface area contributed by atoms with Gasteiger partial charge in [0.25, 0.3) is 5.91 Å². The molecule has 1 amide bonds. The van der Waals surface area contributed by atoms with Gasteiger partial charge in [-0.1, -0.05) is 11.6 Å². The number of aromatic nitrogens is 2. The number of aryl methyl sites for hydroxylation is 1. The summed E-state index contributed by atoms with van der Waals surface area (Å²) in [6, 6.07) is 7.22. The Balaban J connectivity index is 1.65. The van der Waals surface area contributed by atoms with Crippen LogP contribution in [-0.4, -0.2) is 22.2 Å². The fraction of sp³-hybridized carbons (Fsp3) is 0.250. The SMILES string of the molecule is Cc1nn(CCNC(=O)c2ccc(Cl)s2)c(C)c1-c1ccco1. The minimum absolute atomic E-state index is 0.116. The molecule has 3 aromatic heterocycles. The molecule has 0 saturated carbocycles. The van der Waals surface area contributed by atoms with E-state index in [1.807, 2.05) is 30.7 Å². The molecule has 1 N–H and O–H groups in total. The first-order chi connectivity index (χ1) is 11.1. The summed E-state index contributed by atoms with van der Waals surface area (Å²) in [5.41, 5.74) is 2.94. The van der Waals surface area contributed by atoms with Gasteiger partial charge in [-0.15, -0.1) is 11.3 Å². The van der Waals surface area contributed by atoms with E-state index in [2.05, 4.69) is 10.4 Å². The van der Waals surface area contributed by atoms with Crippen LogP contribution in [0.1, 0.15) is 21.1 Å². The maximum Gasteiger partial charge on any atom is 0.261 e. The third-order valence-electron chi connectivity index (χ3n) is 3.56. The second kappa shape index (κ2) is 6.60. The molecule has 0 aliphatic carbocycles. The van der Waals surface area contributed by atoms with Crippen LogP contribution in [0.2, 0.25) is 4.34 Å². The average Bonchev–Trinajstić information content (AvgIpc) is 3.22. The van der Waals surface area contributed by atoms with Crippen LogP contribution in [0.25, 0.3) is 11.3 Å². The highest BCUT2D eigenvalue weighted by atomic mass is 35.5. The number of nitrogens with zero attached hydrogens (tertiary/aromatic N) is 2. The molecule has 0 aromatic carbocycles. The van der Waals surface area contributed by atoms with Crippen LogP contribution in [0, 0.1) is 13.8 Å². The van der Waals surface area contributed by atoms with Gasteiger partial charge in [-0.05, 0) is 38.1 Å². The molecule has 0 atom stereocenters. The number of amides is 1. The molecule has 3 heterocycles. The predicted molar refractivity (Wildman–Crippen MR) is 91.1 cm³/mol. The van der Waals surface area contributed by atoms with Crippen LogP contribution >= 0.6 is 22.9 Å². The predicted octanol–water partition coefficient (Wildman–Crippen LogP) is 3.90. The van der Waals surface area contributed by atoms with Crippen molar-refractivity contribution < 1.29 is 9.21 Å². The first-order valence-corrected chi connectivity index (χ1v) is 8.37. The normalized spacial score (nSPS) is 10.9. The fourth-order valence-corrected chi connectivity index (χ4v) is 3.45. The van der Waals surface area contributed by atoms with E-state index >= 15 is 0 Å². The molecule has 3 aromatic rings. The van der Waals surface area contributed by atoms with Gasteiger partial charge < -0.3 is 9.73 Å². The number of nitrogens with one attached hydrogen (secondary N) is 1. The number of carbonyl (C=O) groups is 1. The van der Waals surface area contributed by atoms with Crippen molar-refractivity contribution in [2.75, 3.05) is 6.54 Å². The number of hydrogen-bond acceptors (Lipinski definition) is 4. The Morgan fingerprint density at radius 3 is 2.87 bits per heavy atom. The first-order valence-electron chi connectivity index (χ1n) is 7.17. The molecule has 5 nitrogen and oxygen atoms in total. The van der Waals surface area contributed by atoms with E-state index in [1.54, 1.807) is 18.4 Å². The maximum atomic E-state index is 12.0. The number of halogens is 1. The first kappa shape index (κ1) is 15.8. The standard InChI is InChI=1S/C16H16ClN3O2S/c1-10-15(12-4-3-9-22-12)11(2)20(19-10)8-7-18-16(21)13-5-6-14(17)23-13/h3-6,9H,7-8H2,1-2H3,(H,18,21). The van der Waals surface area contributed by atoms with Gasteiger partial charge in [0.1, 0.15) is 5.76 Å². The van der Waals surface area contributed by atoms with Crippen molar-refractivity contribution in [3.05, 3.63) is 51.1 Å². The second-order valence-corrected chi connectivity index (χ2v) is 6.82. The molecule has 0 radical (unpaired) electrons. The van der Waals surface area contributed by atoms with E-state index in [0.29, 0.717) is 22.3 Å². The third kappa shape index (κ3) is 3.33. The summed E-state index contributed by atoms with van der Waals surface area (Å²) < 4.78 is 7.96. The van der Waals surface area contributed by atoms with Gasteiger partial charge >= 0.3 is 0 Å². The minimum atomic E-state index is -0.116. The molecule has 0 aliphatic heterocycles. The third-order valence-corrected chi connectivity index (χ3v) is 4.79. The van der Waals surface area contributed by atoms with Gasteiger partial charge in [0, 0.05) is 12.2 Å². The van der Waals surface area contributed by atoms with Crippen molar-refractivity contribution in [1.82, 2.24) is 15.1 Å². The molecule has 0 bridgehead atoms. The Labute approximate surface area is 142 Å². The van der Waals surface area contributed by atoms with Crippen molar-refractivity contribution in [1.29, 1.82) is 0 Å². The minimum Gasteiger partial charge on any atom is -0.464 e. The summed E-state index contributed by atoms with van der Waals surface area (Å²) >= 11 is 7.11. The zero-order chi connectivity index (χ0) is 16.4. The number of furan rings is 1. The summed E-state index contributed by atoms with van der Waals surface area (Å²) in [4.78, 5) is 12.6. The number of hydrogen-bond donors (Lipinski definition) is 1. The highest BCUT2D eigenvalue weighted by Crippen LogP contribution is 2.27. The monoisotopic (exact) mass is 349 g/mol. The summed E-state index contributed by atoms with van der Waals surface area (Å²) in [7, 11) is 0. The van der Waals surface area contributed by atoms with Gasteiger partial charge in [-0.25, -0.2) is 0 Å². The lowest BCUT2D eigenvalue weighted by atomic mass is 10.1. The fourth-order valence-electron chi connectivity index (χ4n) is 2.49. The zero-order valence-corrected chi connectivity index (χ0v) is 14.4. The Bertz CT molecular complexity index is 821.